The van der Waals surface area contributed by atoms with E-state index in [0.717, 1.165) is 11.1 Å². The summed E-state index contributed by atoms with van der Waals surface area (Å²) in [5.74, 6) is -0.474. The highest BCUT2D eigenvalue weighted by molar-refractivity contribution is 6.15. The number of fused-ring (bicyclic) bond motifs is 1. The first-order chi connectivity index (χ1) is 15.6. The zero-order valence-corrected chi connectivity index (χ0v) is 18.1. The topological polar surface area (TPSA) is 52.6 Å². The molecule has 3 aromatic carbocycles. The molecule has 32 heavy (non-hydrogen) atoms. The van der Waals surface area contributed by atoms with Crippen molar-refractivity contribution in [3.63, 3.8) is 0 Å². The number of benzene rings is 3. The Bertz CT molecular complexity index is 1190. The lowest BCUT2D eigenvalue weighted by Gasteiger charge is -2.40. The molecule has 2 atom stereocenters. The first-order valence-corrected chi connectivity index (χ1v) is 10.5. The van der Waals surface area contributed by atoms with Crippen molar-refractivity contribution in [2.75, 3.05) is 7.11 Å². The van der Waals surface area contributed by atoms with Gasteiger partial charge in [-0.25, -0.2) is 0 Å². The van der Waals surface area contributed by atoms with Crippen molar-refractivity contribution < 1.29 is 19.1 Å². The maximum absolute atomic E-state index is 13.8. The van der Waals surface area contributed by atoms with Gasteiger partial charge in [-0.05, 0) is 42.3 Å². The van der Waals surface area contributed by atoms with Crippen LogP contribution < -0.4 is 4.74 Å². The van der Waals surface area contributed by atoms with E-state index >= 15 is 0 Å². The number of carbonyl (C=O) groups is 2. The van der Waals surface area contributed by atoms with Gasteiger partial charge in [-0.1, -0.05) is 72.3 Å². The van der Waals surface area contributed by atoms with Gasteiger partial charge in [0.15, 0.2) is 11.2 Å². The smallest absolute Gasteiger partial charge is 0.324 e. The minimum Gasteiger partial charge on any atom is -0.483 e. The lowest BCUT2D eigenvalue weighted by Crippen LogP contribution is -2.49. The maximum Gasteiger partial charge on any atom is 0.324 e. The molecule has 1 aliphatic heterocycles. The maximum atomic E-state index is 13.8. The fourth-order valence-corrected chi connectivity index (χ4v) is 4.03. The van der Waals surface area contributed by atoms with Crippen LogP contribution in [0.4, 0.5) is 0 Å². The predicted molar refractivity (Wildman–Crippen MR) is 123 cm³/mol. The number of ether oxygens (including phenoxy) is 2. The zero-order chi connectivity index (χ0) is 22.6. The molecule has 0 N–H and O–H groups in total. The number of hydrogen-bond acceptors (Lipinski definition) is 4. The molecule has 0 aliphatic carbocycles. The molecule has 0 radical (unpaired) electrons. The summed E-state index contributed by atoms with van der Waals surface area (Å²) in [6, 6.07) is 24.3. The van der Waals surface area contributed by atoms with Gasteiger partial charge in [0.2, 0.25) is 0 Å². The molecule has 0 amide bonds. The molecule has 4 rings (SSSR count). The summed E-state index contributed by atoms with van der Waals surface area (Å²) in [4.78, 5) is 27.0. The van der Waals surface area contributed by atoms with Crippen LogP contribution in [0.25, 0.3) is 6.08 Å². The van der Waals surface area contributed by atoms with Crippen LogP contribution in [-0.4, -0.2) is 18.9 Å². The molecule has 0 saturated heterocycles. The predicted octanol–water partition coefficient (Wildman–Crippen LogP) is 5.73. The van der Waals surface area contributed by atoms with Gasteiger partial charge in [-0.15, -0.1) is 5.73 Å². The van der Waals surface area contributed by atoms with Crippen molar-refractivity contribution in [1.82, 2.24) is 0 Å². The van der Waals surface area contributed by atoms with Crippen molar-refractivity contribution in [2.45, 2.75) is 19.4 Å². The van der Waals surface area contributed by atoms with Crippen molar-refractivity contribution in [1.29, 1.82) is 0 Å². The van der Waals surface area contributed by atoms with Crippen LogP contribution in [0.15, 0.2) is 90.7 Å². The third-order valence-corrected chi connectivity index (χ3v) is 5.75. The summed E-state index contributed by atoms with van der Waals surface area (Å²) < 4.78 is 11.4. The minimum atomic E-state index is -1.56. The van der Waals surface area contributed by atoms with Crippen molar-refractivity contribution in [2.24, 2.45) is 5.41 Å². The molecule has 0 aromatic heterocycles. The summed E-state index contributed by atoms with van der Waals surface area (Å²) in [7, 11) is 1.30. The molecule has 2 unspecified atom stereocenters. The molecular formula is C28H24O4. The number of carbonyl (C=O) groups excluding carboxylic acids is 2. The molecule has 0 saturated carbocycles. The third kappa shape index (κ3) is 3.89. The van der Waals surface area contributed by atoms with Gasteiger partial charge in [-0.2, -0.15) is 0 Å². The van der Waals surface area contributed by atoms with Gasteiger partial charge in [-0.3, -0.25) is 9.59 Å². The number of allylic oxidation sites excluding steroid dienone is 1. The van der Waals surface area contributed by atoms with Crippen LogP contribution in [0.3, 0.4) is 0 Å². The quantitative estimate of drug-likeness (QED) is 0.298. The summed E-state index contributed by atoms with van der Waals surface area (Å²) in [5.41, 5.74) is 4.83. The lowest BCUT2D eigenvalue weighted by atomic mass is 9.69. The SMILES string of the molecule is COC(=O)C1(CC=C=Cc2ccc(C)cc2)C(=O)c2ccccc2OC1c1ccccc1. The second-order valence-corrected chi connectivity index (χ2v) is 7.83. The monoisotopic (exact) mass is 424 g/mol. The van der Waals surface area contributed by atoms with Crippen molar-refractivity contribution in [3.8, 4) is 5.75 Å². The number of methoxy groups -OCH3 is 1. The fourth-order valence-electron chi connectivity index (χ4n) is 4.03. The standard InChI is InChI=1S/C28H24O4/c1-20-15-17-21(18-16-20)10-8-9-19-28(27(30)31-2)25(29)23-13-6-7-14-24(23)32-26(28)22-11-4-3-5-12-22/h3-7,9-18,26H,19H2,1-2H3. The molecule has 0 fully saturated rings. The average molecular weight is 424 g/mol. The Hall–Kier alpha value is -3.88. The van der Waals surface area contributed by atoms with Gasteiger partial charge in [0.05, 0.1) is 12.7 Å². The van der Waals surface area contributed by atoms with E-state index < -0.39 is 17.5 Å². The number of ketones is 1. The Morgan fingerprint density at radius 1 is 1.03 bits per heavy atom. The molecular weight excluding hydrogens is 400 g/mol. The molecule has 0 bridgehead atoms. The largest absolute Gasteiger partial charge is 0.483 e. The van der Waals surface area contributed by atoms with Gasteiger partial charge in [0.25, 0.3) is 0 Å². The second-order valence-electron chi connectivity index (χ2n) is 7.83. The lowest BCUT2D eigenvalue weighted by molar-refractivity contribution is -0.155. The number of para-hydroxylation sites is 1. The molecule has 4 nitrogen and oxygen atoms in total. The highest BCUT2D eigenvalue weighted by atomic mass is 16.5. The number of rotatable bonds is 5. The van der Waals surface area contributed by atoms with Gasteiger partial charge >= 0.3 is 5.97 Å². The van der Waals surface area contributed by atoms with Crippen LogP contribution in [0.2, 0.25) is 0 Å². The number of hydrogen-bond donors (Lipinski definition) is 0. The van der Waals surface area contributed by atoms with E-state index in [1.54, 1.807) is 24.3 Å². The normalized spacial score (nSPS) is 19.2. The van der Waals surface area contributed by atoms with Gasteiger partial charge in [0, 0.05) is 6.42 Å². The van der Waals surface area contributed by atoms with E-state index in [1.807, 2.05) is 73.7 Å². The number of aryl methyl sites for hydroxylation is 1. The fraction of sp³-hybridized carbons (Fsp3) is 0.179. The highest BCUT2D eigenvalue weighted by Gasteiger charge is 2.57. The van der Waals surface area contributed by atoms with E-state index in [9.17, 15) is 9.59 Å². The number of Topliss-reactive ketones (excluding diaryl/α,β-unsaturated/α-hetero) is 1. The van der Waals surface area contributed by atoms with E-state index in [0.29, 0.717) is 11.3 Å². The van der Waals surface area contributed by atoms with Crippen LogP contribution in [0, 0.1) is 12.3 Å². The Kier molecular flexibility index (Phi) is 6.07. The second kappa shape index (κ2) is 9.09. The van der Waals surface area contributed by atoms with Crippen LogP contribution in [0.1, 0.15) is 39.6 Å². The van der Waals surface area contributed by atoms with E-state index in [2.05, 4.69) is 5.73 Å². The Morgan fingerprint density at radius 2 is 1.72 bits per heavy atom. The van der Waals surface area contributed by atoms with E-state index in [-0.39, 0.29) is 12.2 Å². The molecule has 4 heteroatoms. The zero-order valence-electron chi connectivity index (χ0n) is 18.1. The van der Waals surface area contributed by atoms with E-state index in [4.69, 9.17) is 9.47 Å². The molecule has 1 aliphatic rings. The average Bonchev–Trinajstić information content (AvgIpc) is 2.84. The van der Waals surface area contributed by atoms with Gasteiger partial charge < -0.3 is 9.47 Å². The van der Waals surface area contributed by atoms with Crippen molar-refractivity contribution >= 4 is 17.8 Å². The Morgan fingerprint density at radius 3 is 2.44 bits per heavy atom. The Balaban J connectivity index is 1.80. The van der Waals surface area contributed by atoms with Crippen LogP contribution in [0.5, 0.6) is 5.75 Å². The first kappa shape index (κ1) is 21.4. The molecule has 3 aromatic rings. The van der Waals surface area contributed by atoms with Crippen LogP contribution in [-0.2, 0) is 9.53 Å². The third-order valence-electron chi connectivity index (χ3n) is 5.75. The summed E-state index contributed by atoms with van der Waals surface area (Å²) in [6.07, 6.45) is 2.80. The number of esters is 1. The van der Waals surface area contributed by atoms with Crippen molar-refractivity contribution in [3.05, 3.63) is 113 Å². The molecule has 160 valence electrons. The van der Waals surface area contributed by atoms with E-state index in [1.165, 1.54) is 12.7 Å². The summed E-state index contributed by atoms with van der Waals surface area (Å²) in [5, 5.41) is 0. The molecule has 1 heterocycles. The Labute approximate surface area is 187 Å². The summed E-state index contributed by atoms with van der Waals surface area (Å²) in [6.45, 7) is 2.03. The molecule has 0 spiro atoms. The highest BCUT2D eigenvalue weighted by Crippen LogP contribution is 2.49. The van der Waals surface area contributed by atoms with Gasteiger partial charge in [0.1, 0.15) is 11.9 Å². The summed E-state index contributed by atoms with van der Waals surface area (Å²) >= 11 is 0. The minimum absolute atomic E-state index is 0.0920. The van der Waals surface area contributed by atoms with Crippen LogP contribution >= 0.6 is 0 Å². The first-order valence-electron chi connectivity index (χ1n) is 10.5.